The molecule has 4 aromatic carbocycles. The van der Waals surface area contributed by atoms with E-state index in [0.29, 0.717) is 5.57 Å². The lowest BCUT2D eigenvalue weighted by Crippen LogP contribution is -2.43. The van der Waals surface area contributed by atoms with Crippen molar-refractivity contribution in [2.45, 2.75) is 11.5 Å². The van der Waals surface area contributed by atoms with Crippen LogP contribution in [0.2, 0.25) is 0 Å². The van der Waals surface area contributed by atoms with Crippen LogP contribution in [-0.4, -0.2) is 38.1 Å². The van der Waals surface area contributed by atoms with Crippen molar-refractivity contribution in [2.75, 3.05) is 21.3 Å². The lowest BCUT2D eigenvalue weighted by atomic mass is 9.65. The molecule has 0 saturated heterocycles. The zero-order valence-corrected chi connectivity index (χ0v) is 22.8. The minimum absolute atomic E-state index is 0.132. The molecule has 0 bridgehead atoms. The van der Waals surface area contributed by atoms with E-state index in [4.69, 9.17) is 9.47 Å². The molecule has 4 aromatic rings. The average molecular weight is 530 g/mol. The van der Waals surface area contributed by atoms with Gasteiger partial charge in [-0.05, 0) is 27.8 Å². The van der Waals surface area contributed by atoms with Gasteiger partial charge in [0.15, 0.2) is 0 Å². The van der Waals surface area contributed by atoms with Crippen LogP contribution in [0.15, 0.2) is 139 Å². The predicted molar refractivity (Wildman–Crippen MR) is 156 cm³/mol. The Balaban J connectivity index is 2.02. The standard InChI is InChI=1S/C35H31NO4/c1-36-31(34(38)40-3)30(33(37)39-2)29(25-16-8-4-9-17-25)24-35(27-20-12-6-13-21-27,28-22-14-7-15-23-28)32(36)26-18-10-5-11-19-26/h4-24,32H,1-3H3. The Morgan fingerprint density at radius 3 is 1.57 bits per heavy atom. The summed E-state index contributed by atoms with van der Waals surface area (Å²) in [6.45, 7) is 0. The van der Waals surface area contributed by atoms with E-state index in [-0.39, 0.29) is 11.3 Å². The highest BCUT2D eigenvalue weighted by molar-refractivity contribution is 6.13. The quantitative estimate of drug-likeness (QED) is 0.273. The van der Waals surface area contributed by atoms with Crippen molar-refractivity contribution in [3.63, 3.8) is 0 Å². The molecular weight excluding hydrogens is 498 g/mol. The highest BCUT2D eigenvalue weighted by Crippen LogP contribution is 2.53. The fourth-order valence-corrected chi connectivity index (χ4v) is 5.81. The number of carbonyl (C=O) groups excluding carboxylic acids is 2. The Bertz CT molecular complexity index is 1510. The van der Waals surface area contributed by atoms with Crippen LogP contribution < -0.4 is 0 Å². The molecule has 1 aliphatic heterocycles. The van der Waals surface area contributed by atoms with Crippen molar-refractivity contribution in [2.24, 2.45) is 0 Å². The Kier molecular flexibility index (Phi) is 7.65. The molecule has 0 fully saturated rings. The summed E-state index contributed by atoms with van der Waals surface area (Å²) in [5.41, 5.74) is 3.78. The maximum atomic E-state index is 13.7. The fraction of sp³-hybridized carbons (Fsp3) is 0.143. The highest BCUT2D eigenvalue weighted by atomic mass is 16.5. The summed E-state index contributed by atoms with van der Waals surface area (Å²) in [6.07, 6.45) is 2.13. The largest absolute Gasteiger partial charge is 0.465 e. The summed E-state index contributed by atoms with van der Waals surface area (Å²) in [6, 6.07) is 39.6. The second kappa shape index (κ2) is 11.5. The molecule has 5 heteroatoms. The van der Waals surface area contributed by atoms with Crippen LogP contribution in [0.5, 0.6) is 0 Å². The summed E-state index contributed by atoms with van der Waals surface area (Å²) in [4.78, 5) is 29.2. The van der Waals surface area contributed by atoms with Gasteiger partial charge in [-0.25, -0.2) is 9.59 Å². The molecule has 0 radical (unpaired) electrons. The molecule has 1 atom stereocenters. The minimum atomic E-state index is -0.848. The Hall–Kier alpha value is -4.90. The average Bonchev–Trinajstić information content (AvgIpc) is 3.15. The van der Waals surface area contributed by atoms with Crippen molar-refractivity contribution in [3.05, 3.63) is 161 Å². The number of benzene rings is 4. The van der Waals surface area contributed by atoms with Crippen LogP contribution in [0, 0.1) is 0 Å². The number of rotatable bonds is 6. The lowest BCUT2D eigenvalue weighted by molar-refractivity contribution is -0.140. The molecule has 0 spiro atoms. The summed E-state index contributed by atoms with van der Waals surface area (Å²) in [7, 11) is 4.50. The molecule has 0 aliphatic carbocycles. The zero-order valence-electron chi connectivity index (χ0n) is 22.8. The number of ether oxygens (including phenoxy) is 2. The third kappa shape index (κ3) is 4.60. The van der Waals surface area contributed by atoms with Crippen molar-refractivity contribution in [3.8, 4) is 0 Å². The smallest absolute Gasteiger partial charge is 0.355 e. The first-order chi connectivity index (χ1) is 19.5. The topological polar surface area (TPSA) is 55.8 Å². The molecule has 1 heterocycles. The first-order valence-electron chi connectivity index (χ1n) is 13.1. The van der Waals surface area contributed by atoms with Crippen LogP contribution in [-0.2, 0) is 24.5 Å². The van der Waals surface area contributed by atoms with E-state index >= 15 is 0 Å². The lowest BCUT2D eigenvalue weighted by Gasteiger charge is -2.45. The summed E-state index contributed by atoms with van der Waals surface area (Å²) in [5, 5.41) is 0. The molecule has 5 rings (SSSR count). The van der Waals surface area contributed by atoms with E-state index in [1.54, 1.807) is 0 Å². The van der Waals surface area contributed by atoms with E-state index in [2.05, 4.69) is 42.5 Å². The van der Waals surface area contributed by atoms with Crippen LogP contribution >= 0.6 is 0 Å². The third-order valence-electron chi connectivity index (χ3n) is 7.52. The van der Waals surface area contributed by atoms with Gasteiger partial charge in [0.1, 0.15) is 5.70 Å². The highest BCUT2D eigenvalue weighted by Gasteiger charge is 2.49. The SMILES string of the molecule is COC(=O)C1=C(C(=O)OC)N(C)C(c2ccccc2)C(c2ccccc2)(c2ccccc2)C=C1c1ccccc1. The summed E-state index contributed by atoms with van der Waals surface area (Å²) >= 11 is 0. The summed E-state index contributed by atoms with van der Waals surface area (Å²) in [5.74, 6) is -1.24. The number of esters is 2. The van der Waals surface area contributed by atoms with Gasteiger partial charge in [0.25, 0.3) is 0 Å². The number of hydrogen-bond acceptors (Lipinski definition) is 5. The van der Waals surface area contributed by atoms with Gasteiger partial charge < -0.3 is 14.4 Å². The van der Waals surface area contributed by atoms with Gasteiger partial charge in [0.05, 0.1) is 31.2 Å². The van der Waals surface area contributed by atoms with Crippen LogP contribution in [0.25, 0.3) is 5.57 Å². The Morgan fingerprint density at radius 1 is 0.650 bits per heavy atom. The van der Waals surface area contributed by atoms with Gasteiger partial charge in [-0.3, -0.25) is 0 Å². The number of nitrogens with zero attached hydrogens (tertiary/aromatic N) is 1. The fourth-order valence-electron chi connectivity index (χ4n) is 5.81. The molecule has 0 saturated carbocycles. The molecule has 1 aliphatic rings. The van der Waals surface area contributed by atoms with Crippen LogP contribution in [0.1, 0.15) is 28.3 Å². The third-order valence-corrected chi connectivity index (χ3v) is 7.52. The van der Waals surface area contributed by atoms with E-state index in [0.717, 1.165) is 22.3 Å². The maximum Gasteiger partial charge on any atom is 0.355 e. The molecule has 0 N–H and O–H groups in total. The molecule has 200 valence electrons. The van der Waals surface area contributed by atoms with Gasteiger partial charge >= 0.3 is 11.9 Å². The van der Waals surface area contributed by atoms with Gasteiger partial charge in [0.2, 0.25) is 0 Å². The first kappa shape index (κ1) is 26.7. The molecule has 40 heavy (non-hydrogen) atoms. The number of methoxy groups -OCH3 is 2. The monoisotopic (exact) mass is 529 g/mol. The number of likely N-dealkylation sites (N-methyl/N-ethyl adjacent to an activating group) is 1. The molecule has 0 aromatic heterocycles. The zero-order chi connectivity index (χ0) is 28.1. The van der Waals surface area contributed by atoms with E-state index in [1.807, 2.05) is 96.9 Å². The molecule has 5 nitrogen and oxygen atoms in total. The van der Waals surface area contributed by atoms with Crippen molar-refractivity contribution < 1.29 is 19.1 Å². The van der Waals surface area contributed by atoms with Crippen LogP contribution in [0.3, 0.4) is 0 Å². The van der Waals surface area contributed by atoms with E-state index in [9.17, 15) is 9.59 Å². The first-order valence-corrected chi connectivity index (χ1v) is 13.1. The number of carbonyl (C=O) groups is 2. The Labute approximate surface area is 235 Å². The molecule has 0 amide bonds. The van der Waals surface area contributed by atoms with Crippen molar-refractivity contribution in [1.82, 2.24) is 4.90 Å². The van der Waals surface area contributed by atoms with Gasteiger partial charge in [-0.2, -0.15) is 0 Å². The van der Waals surface area contributed by atoms with Crippen molar-refractivity contribution >= 4 is 17.5 Å². The molecular formula is C35H31NO4. The van der Waals surface area contributed by atoms with E-state index in [1.165, 1.54) is 14.2 Å². The predicted octanol–water partition coefficient (Wildman–Crippen LogP) is 6.34. The van der Waals surface area contributed by atoms with Gasteiger partial charge in [-0.1, -0.05) is 127 Å². The van der Waals surface area contributed by atoms with Gasteiger partial charge in [-0.15, -0.1) is 0 Å². The van der Waals surface area contributed by atoms with Crippen LogP contribution in [0.4, 0.5) is 0 Å². The Morgan fingerprint density at radius 2 is 1.10 bits per heavy atom. The second-order valence-corrected chi connectivity index (χ2v) is 9.66. The van der Waals surface area contributed by atoms with Gasteiger partial charge in [0, 0.05) is 7.05 Å². The van der Waals surface area contributed by atoms with Crippen molar-refractivity contribution in [1.29, 1.82) is 0 Å². The minimum Gasteiger partial charge on any atom is -0.465 e. The number of hydrogen-bond donors (Lipinski definition) is 0. The maximum absolute atomic E-state index is 13.7. The second-order valence-electron chi connectivity index (χ2n) is 9.66. The summed E-state index contributed by atoms with van der Waals surface area (Å²) < 4.78 is 10.6. The van der Waals surface area contributed by atoms with E-state index < -0.39 is 23.4 Å². The molecule has 1 unspecified atom stereocenters. The normalized spacial score (nSPS) is 16.5.